The summed E-state index contributed by atoms with van der Waals surface area (Å²) in [5.41, 5.74) is 10.7. The van der Waals surface area contributed by atoms with Gasteiger partial charge in [-0.25, -0.2) is 0 Å². The van der Waals surface area contributed by atoms with E-state index >= 15 is 0 Å². The third kappa shape index (κ3) is 1.71. The molecular formula is C20H24N4. The van der Waals surface area contributed by atoms with Crippen LogP contribution in [0.15, 0.2) is 12.1 Å². The topological polar surface area (TPSA) is 47.7 Å². The highest BCUT2D eigenvalue weighted by molar-refractivity contribution is 5.95. The van der Waals surface area contributed by atoms with Crippen molar-refractivity contribution >= 4 is 16.6 Å². The lowest BCUT2D eigenvalue weighted by Crippen LogP contribution is -2.24. The Kier molecular flexibility index (Phi) is 2.61. The summed E-state index contributed by atoms with van der Waals surface area (Å²) in [4.78, 5) is 6.10. The standard InChI is InChI=1S/C20H24N4/c1-11-12-6-5-7-13-14-8-17-15(20(2,3)10-24(17)4)9-16(14)21-18(13)19(12)23-22-11/h8-9,21H,5-7,10H2,1-4H3,(H,22,23). The van der Waals surface area contributed by atoms with Crippen LogP contribution in [0, 0.1) is 6.92 Å². The first-order chi connectivity index (χ1) is 11.5. The van der Waals surface area contributed by atoms with Crippen molar-refractivity contribution in [3.63, 3.8) is 0 Å². The summed E-state index contributed by atoms with van der Waals surface area (Å²) in [6, 6.07) is 4.78. The van der Waals surface area contributed by atoms with Gasteiger partial charge in [0.25, 0.3) is 0 Å². The number of hydrogen-bond acceptors (Lipinski definition) is 2. The normalized spacial score (nSPS) is 18.4. The SMILES string of the molecule is Cc1[nH]nc2c1CCCc1c-2[nH]c2cc3c(cc12)N(C)CC3(C)C. The van der Waals surface area contributed by atoms with Gasteiger partial charge in [0.1, 0.15) is 5.69 Å². The Hall–Kier alpha value is -2.23. The predicted octanol–water partition coefficient (Wildman–Crippen LogP) is 4.08. The highest BCUT2D eigenvalue weighted by Crippen LogP contribution is 2.44. The summed E-state index contributed by atoms with van der Waals surface area (Å²) in [7, 11) is 2.21. The molecule has 4 heteroatoms. The van der Waals surface area contributed by atoms with E-state index in [1.807, 2.05) is 0 Å². The summed E-state index contributed by atoms with van der Waals surface area (Å²) in [6.07, 6.45) is 3.42. The van der Waals surface area contributed by atoms with Gasteiger partial charge in [0, 0.05) is 46.9 Å². The average Bonchev–Trinajstić information content (AvgIpc) is 3.08. The molecule has 1 aromatic carbocycles. The summed E-state index contributed by atoms with van der Waals surface area (Å²) >= 11 is 0. The van der Waals surface area contributed by atoms with E-state index in [-0.39, 0.29) is 5.41 Å². The lowest BCUT2D eigenvalue weighted by atomic mass is 9.86. The van der Waals surface area contributed by atoms with Crippen LogP contribution < -0.4 is 4.90 Å². The minimum atomic E-state index is 0.203. The first kappa shape index (κ1) is 14.1. The number of likely N-dealkylation sites (N-methyl/N-ethyl adjacent to an activating group) is 1. The van der Waals surface area contributed by atoms with Crippen molar-refractivity contribution in [1.29, 1.82) is 0 Å². The maximum absolute atomic E-state index is 4.61. The number of anilines is 1. The first-order valence-corrected chi connectivity index (χ1v) is 8.90. The monoisotopic (exact) mass is 320 g/mol. The highest BCUT2D eigenvalue weighted by Gasteiger charge is 2.34. The zero-order valence-electron chi connectivity index (χ0n) is 14.9. The van der Waals surface area contributed by atoms with Crippen molar-refractivity contribution in [1.82, 2.24) is 15.2 Å². The molecule has 5 rings (SSSR count). The van der Waals surface area contributed by atoms with Crippen molar-refractivity contribution in [2.45, 2.75) is 45.4 Å². The van der Waals surface area contributed by atoms with E-state index in [0.29, 0.717) is 0 Å². The largest absolute Gasteiger partial charge is 0.373 e. The molecule has 4 nitrogen and oxygen atoms in total. The van der Waals surface area contributed by atoms with E-state index in [2.05, 4.69) is 60.0 Å². The maximum atomic E-state index is 4.61. The van der Waals surface area contributed by atoms with E-state index < -0.39 is 0 Å². The smallest absolute Gasteiger partial charge is 0.112 e. The van der Waals surface area contributed by atoms with E-state index in [1.54, 1.807) is 0 Å². The van der Waals surface area contributed by atoms with Gasteiger partial charge in [0.2, 0.25) is 0 Å². The van der Waals surface area contributed by atoms with Crippen LogP contribution in [0.5, 0.6) is 0 Å². The molecule has 0 saturated carbocycles. The van der Waals surface area contributed by atoms with E-state index in [0.717, 1.165) is 25.1 Å². The minimum Gasteiger partial charge on any atom is -0.373 e. The second-order valence-electron chi connectivity index (χ2n) is 8.16. The fourth-order valence-electron chi connectivity index (χ4n) is 4.78. The lowest BCUT2D eigenvalue weighted by molar-refractivity contribution is 0.563. The molecule has 1 aliphatic heterocycles. The molecule has 0 bridgehead atoms. The first-order valence-electron chi connectivity index (χ1n) is 8.90. The van der Waals surface area contributed by atoms with Gasteiger partial charge in [-0.05, 0) is 49.4 Å². The molecule has 0 atom stereocenters. The van der Waals surface area contributed by atoms with Crippen molar-refractivity contribution < 1.29 is 0 Å². The molecular weight excluding hydrogens is 296 g/mol. The van der Waals surface area contributed by atoms with Crippen LogP contribution in [0.4, 0.5) is 5.69 Å². The van der Waals surface area contributed by atoms with Gasteiger partial charge in [-0.1, -0.05) is 13.8 Å². The summed E-state index contributed by atoms with van der Waals surface area (Å²) in [6.45, 7) is 7.89. The fourth-order valence-corrected chi connectivity index (χ4v) is 4.78. The quantitative estimate of drug-likeness (QED) is 0.655. The number of rotatable bonds is 0. The van der Waals surface area contributed by atoms with Crippen molar-refractivity contribution in [2.24, 2.45) is 0 Å². The predicted molar refractivity (Wildman–Crippen MR) is 98.9 cm³/mol. The molecule has 0 fully saturated rings. The van der Waals surface area contributed by atoms with Gasteiger partial charge < -0.3 is 9.88 Å². The number of hydrogen-bond donors (Lipinski definition) is 2. The number of aryl methyl sites for hydroxylation is 2. The second kappa shape index (κ2) is 4.44. The Morgan fingerprint density at radius 2 is 1.96 bits per heavy atom. The number of aromatic amines is 2. The Bertz CT molecular complexity index is 973. The summed E-state index contributed by atoms with van der Waals surface area (Å²) < 4.78 is 0. The van der Waals surface area contributed by atoms with Crippen molar-refractivity contribution in [3.05, 3.63) is 34.5 Å². The molecule has 0 amide bonds. The molecule has 0 saturated heterocycles. The Balaban J connectivity index is 1.81. The molecule has 0 spiro atoms. The van der Waals surface area contributed by atoms with Gasteiger partial charge in [0.15, 0.2) is 0 Å². The Labute approximate surface area is 142 Å². The zero-order valence-corrected chi connectivity index (χ0v) is 14.9. The molecule has 24 heavy (non-hydrogen) atoms. The van der Waals surface area contributed by atoms with Crippen LogP contribution >= 0.6 is 0 Å². The highest BCUT2D eigenvalue weighted by atomic mass is 15.1. The second-order valence-corrected chi connectivity index (χ2v) is 8.16. The molecule has 0 radical (unpaired) electrons. The third-order valence-electron chi connectivity index (χ3n) is 5.96. The fraction of sp³-hybridized carbons (Fsp3) is 0.450. The molecule has 2 aliphatic rings. The summed E-state index contributed by atoms with van der Waals surface area (Å²) in [5, 5.41) is 9.16. The molecule has 124 valence electrons. The number of nitrogens with zero attached hydrogens (tertiary/aromatic N) is 2. The molecule has 0 unspecified atom stereocenters. The summed E-state index contributed by atoms with van der Waals surface area (Å²) in [5.74, 6) is 0. The maximum Gasteiger partial charge on any atom is 0.112 e. The molecule has 2 aromatic heterocycles. The van der Waals surface area contributed by atoms with Crippen LogP contribution in [0.3, 0.4) is 0 Å². The van der Waals surface area contributed by atoms with Crippen LogP contribution in [-0.4, -0.2) is 28.8 Å². The number of benzene rings is 1. The number of nitrogens with one attached hydrogen (secondary N) is 2. The van der Waals surface area contributed by atoms with Gasteiger partial charge in [-0.15, -0.1) is 0 Å². The number of aromatic nitrogens is 3. The molecule has 2 N–H and O–H groups in total. The number of fused-ring (bicyclic) bond motifs is 6. The van der Waals surface area contributed by atoms with Crippen molar-refractivity contribution in [2.75, 3.05) is 18.5 Å². The van der Waals surface area contributed by atoms with Crippen LogP contribution in [-0.2, 0) is 18.3 Å². The van der Waals surface area contributed by atoms with Gasteiger partial charge in [-0.2, -0.15) is 5.10 Å². The molecule has 3 heterocycles. The van der Waals surface area contributed by atoms with E-state index in [1.165, 1.54) is 51.1 Å². The molecule has 1 aliphatic carbocycles. The van der Waals surface area contributed by atoms with Crippen LogP contribution in [0.1, 0.15) is 42.7 Å². The van der Waals surface area contributed by atoms with Crippen molar-refractivity contribution in [3.8, 4) is 11.4 Å². The third-order valence-corrected chi connectivity index (χ3v) is 5.96. The lowest BCUT2D eigenvalue weighted by Gasteiger charge is -2.18. The van der Waals surface area contributed by atoms with Gasteiger partial charge in [-0.3, -0.25) is 5.10 Å². The number of H-pyrrole nitrogens is 2. The average molecular weight is 320 g/mol. The van der Waals surface area contributed by atoms with E-state index in [4.69, 9.17) is 0 Å². The van der Waals surface area contributed by atoms with E-state index in [9.17, 15) is 0 Å². The molecule has 3 aromatic rings. The zero-order chi connectivity index (χ0) is 16.6. The minimum absolute atomic E-state index is 0.203. The van der Waals surface area contributed by atoms with Gasteiger partial charge >= 0.3 is 0 Å². The van der Waals surface area contributed by atoms with Crippen LogP contribution in [0.25, 0.3) is 22.3 Å². The Morgan fingerprint density at radius 1 is 1.17 bits per heavy atom. The Morgan fingerprint density at radius 3 is 2.79 bits per heavy atom. The van der Waals surface area contributed by atoms with Crippen LogP contribution in [0.2, 0.25) is 0 Å². The van der Waals surface area contributed by atoms with Gasteiger partial charge in [0.05, 0.1) is 5.69 Å².